The molecule has 0 bridgehead atoms. The van der Waals surface area contributed by atoms with Crippen LogP contribution in [0.4, 0.5) is 0 Å². The molecule has 0 aliphatic heterocycles. The van der Waals surface area contributed by atoms with Crippen LogP contribution < -0.4 is 0 Å². The van der Waals surface area contributed by atoms with Crippen molar-refractivity contribution in [2.45, 2.75) is 78.6 Å². The number of aromatic nitrogens is 12. The van der Waals surface area contributed by atoms with Gasteiger partial charge in [0.2, 0.25) is 0 Å². The predicted octanol–water partition coefficient (Wildman–Crippen LogP) is 8.88. The Kier molecular flexibility index (Phi) is 12.3. The van der Waals surface area contributed by atoms with E-state index in [4.69, 9.17) is 28.2 Å². The van der Waals surface area contributed by atoms with Crippen LogP contribution in [-0.4, -0.2) is 65.0 Å². The zero-order valence-electron chi connectivity index (χ0n) is 32.9. The molecule has 15 heteroatoms. The van der Waals surface area contributed by atoms with Gasteiger partial charge in [0, 0.05) is 37.1 Å². The molecular weight excluding hydrogens is 783 g/mol. The summed E-state index contributed by atoms with van der Waals surface area (Å²) in [6.45, 7) is 5.43. The van der Waals surface area contributed by atoms with E-state index in [1.54, 1.807) is 4.68 Å². The van der Waals surface area contributed by atoms with E-state index in [-0.39, 0.29) is 6.61 Å². The molecule has 4 heterocycles. The summed E-state index contributed by atoms with van der Waals surface area (Å²) < 4.78 is 6.03. The number of hydrogen-bond acceptors (Lipinski definition) is 9. The maximum absolute atomic E-state index is 10.3. The van der Waals surface area contributed by atoms with Crippen LogP contribution in [0.3, 0.4) is 0 Å². The van der Waals surface area contributed by atoms with Gasteiger partial charge in [0.05, 0.1) is 24.5 Å². The molecule has 0 amide bonds. The summed E-state index contributed by atoms with van der Waals surface area (Å²) in [5.41, 5.74) is 9.36. The summed E-state index contributed by atoms with van der Waals surface area (Å²) in [6, 6.07) is 33.1. The zero-order chi connectivity index (χ0) is 40.7. The minimum Gasteiger partial charge on any atom is -0.390 e. The summed E-state index contributed by atoms with van der Waals surface area (Å²) in [7, 11) is 0. The second kappa shape index (κ2) is 18.3. The first-order chi connectivity index (χ1) is 28.9. The molecule has 4 aromatic carbocycles. The van der Waals surface area contributed by atoms with Gasteiger partial charge >= 0.3 is 0 Å². The van der Waals surface area contributed by atoms with Crippen molar-refractivity contribution in [1.82, 2.24) is 59.9 Å². The Hall–Kier alpha value is -6.02. The number of nitrogens with one attached hydrogen (secondary N) is 1. The maximum atomic E-state index is 10.3. The first-order valence-corrected chi connectivity index (χ1v) is 20.7. The number of aromatic amines is 1. The Morgan fingerprint density at radius 1 is 0.610 bits per heavy atom. The highest BCUT2D eigenvalue weighted by molar-refractivity contribution is 6.30. The van der Waals surface area contributed by atoms with Gasteiger partial charge in [-0.05, 0) is 73.1 Å². The lowest BCUT2D eigenvalue weighted by atomic mass is 9.96. The Morgan fingerprint density at radius 3 is 1.90 bits per heavy atom. The van der Waals surface area contributed by atoms with Crippen molar-refractivity contribution in [3.63, 3.8) is 0 Å². The van der Waals surface area contributed by atoms with E-state index < -0.39 is 0 Å². The minimum atomic E-state index is -0.209. The number of nitrogens with zero attached hydrogens (tertiary/aromatic N) is 11. The number of halogens is 2. The summed E-state index contributed by atoms with van der Waals surface area (Å²) in [5, 5.41) is 38.9. The van der Waals surface area contributed by atoms with Gasteiger partial charge in [0.1, 0.15) is 11.6 Å². The molecule has 2 N–H and O–H groups in total. The smallest absolute Gasteiger partial charge is 0.183 e. The van der Waals surface area contributed by atoms with Gasteiger partial charge in [-0.1, -0.05) is 141 Å². The quantitative estimate of drug-likeness (QED) is 0.0916. The number of benzene rings is 4. The molecule has 0 aliphatic carbocycles. The fourth-order valence-electron chi connectivity index (χ4n) is 7.50. The minimum absolute atomic E-state index is 0.209. The lowest BCUT2D eigenvalue weighted by molar-refractivity contribution is 0.271. The number of imidazole rings is 2. The van der Waals surface area contributed by atoms with Crippen LogP contribution in [0.2, 0.25) is 10.3 Å². The molecule has 0 atom stereocenters. The fraction of sp³-hybridized carbons (Fsp3) is 0.273. The van der Waals surface area contributed by atoms with Gasteiger partial charge in [-0.3, -0.25) is 0 Å². The third kappa shape index (κ3) is 8.59. The predicted molar refractivity (Wildman–Crippen MR) is 229 cm³/mol. The Balaban J connectivity index is 1.14. The topological polar surface area (TPSA) is 154 Å². The average Bonchev–Trinajstić information content (AvgIpc) is 4.08. The highest BCUT2D eigenvalue weighted by atomic mass is 35.5. The standard InChI is InChI=1S/C44H44Cl2N12O/c1-3-5-16-39-47-41(45)37(56(39)25-29-18-21-32(22-19-29)33-14-10-11-15-35(33)43-49-52-53-50-43)27-58-44(51-54-55-58)36-24-30(20-23-34(36)31-12-8-7-9-13-31)26-57-38(28-59)42(46)48-40(57)17-6-4-2/h7-15,18-24,59H,3-6,16-17,25-28H2,1-2H3,(H,49,50,52,53). The summed E-state index contributed by atoms with van der Waals surface area (Å²) in [4.78, 5) is 9.51. The molecular formula is C44H44Cl2N12O. The van der Waals surface area contributed by atoms with E-state index in [9.17, 15) is 5.11 Å². The molecule has 0 saturated heterocycles. The molecule has 0 aliphatic rings. The molecule has 0 spiro atoms. The Bertz CT molecular complexity index is 2630. The van der Waals surface area contributed by atoms with Gasteiger partial charge in [0.15, 0.2) is 22.0 Å². The number of aliphatic hydroxyl groups excluding tert-OH is 1. The Labute approximate surface area is 352 Å². The molecule has 8 aromatic rings. The van der Waals surface area contributed by atoms with Crippen molar-refractivity contribution in [1.29, 1.82) is 0 Å². The van der Waals surface area contributed by atoms with Crippen molar-refractivity contribution in [3.8, 4) is 45.0 Å². The van der Waals surface area contributed by atoms with Crippen LogP contribution in [0, 0.1) is 0 Å². The maximum Gasteiger partial charge on any atom is 0.183 e. The van der Waals surface area contributed by atoms with E-state index in [2.05, 4.69) is 120 Å². The second-order valence-corrected chi connectivity index (χ2v) is 15.2. The van der Waals surface area contributed by atoms with Crippen LogP contribution >= 0.6 is 23.2 Å². The molecule has 4 aromatic heterocycles. The van der Waals surface area contributed by atoms with E-state index in [1.807, 2.05) is 41.0 Å². The van der Waals surface area contributed by atoms with Crippen molar-refractivity contribution < 1.29 is 5.11 Å². The van der Waals surface area contributed by atoms with E-state index in [0.717, 1.165) is 100 Å². The van der Waals surface area contributed by atoms with Gasteiger partial charge < -0.3 is 14.2 Å². The largest absolute Gasteiger partial charge is 0.390 e. The molecule has 0 fully saturated rings. The molecule has 13 nitrogen and oxygen atoms in total. The van der Waals surface area contributed by atoms with Gasteiger partial charge in [-0.15, -0.1) is 10.2 Å². The SMILES string of the molecule is CCCCc1nc(Cl)c(CO)n1Cc1ccc(-c2ccccc2)c(-c2nnnn2Cc2c(Cl)nc(CCCC)n2Cc2ccc(-c3ccccc3-c3nnn[nH]3)cc2)c1. The van der Waals surface area contributed by atoms with E-state index >= 15 is 0 Å². The lowest BCUT2D eigenvalue weighted by Gasteiger charge is -2.16. The van der Waals surface area contributed by atoms with E-state index in [0.29, 0.717) is 47.3 Å². The first kappa shape index (κ1) is 39.8. The number of aryl methyl sites for hydroxylation is 2. The van der Waals surface area contributed by atoms with Gasteiger partial charge in [0.25, 0.3) is 0 Å². The molecule has 300 valence electrons. The normalized spacial score (nSPS) is 11.5. The summed E-state index contributed by atoms with van der Waals surface area (Å²) in [5.74, 6) is 2.97. The lowest BCUT2D eigenvalue weighted by Crippen LogP contribution is -2.14. The van der Waals surface area contributed by atoms with Crippen molar-refractivity contribution in [2.75, 3.05) is 0 Å². The van der Waals surface area contributed by atoms with Crippen LogP contribution in [0.25, 0.3) is 45.0 Å². The van der Waals surface area contributed by atoms with Crippen molar-refractivity contribution in [2.24, 2.45) is 0 Å². The number of tetrazole rings is 2. The monoisotopic (exact) mass is 826 g/mol. The summed E-state index contributed by atoms with van der Waals surface area (Å²) >= 11 is 13.6. The molecule has 8 rings (SSSR count). The first-order valence-electron chi connectivity index (χ1n) is 19.9. The number of aliphatic hydroxyl groups is 1. The average molecular weight is 828 g/mol. The van der Waals surface area contributed by atoms with Crippen LogP contribution in [0.15, 0.2) is 97.1 Å². The highest BCUT2D eigenvalue weighted by Crippen LogP contribution is 2.34. The van der Waals surface area contributed by atoms with Gasteiger partial charge in [-0.25, -0.2) is 19.7 Å². The van der Waals surface area contributed by atoms with Crippen LogP contribution in [-0.2, 0) is 39.1 Å². The molecule has 0 saturated carbocycles. The molecule has 59 heavy (non-hydrogen) atoms. The molecule has 0 unspecified atom stereocenters. The summed E-state index contributed by atoms with van der Waals surface area (Å²) in [6.07, 6.45) is 5.53. The second-order valence-electron chi connectivity index (χ2n) is 14.5. The van der Waals surface area contributed by atoms with Crippen LogP contribution in [0.1, 0.15) is 73.7 Å². The third-order valence-corrected chi connectivity index (χ3v) is 11.2. The molecule has 0 radical (unpaired) electrons. The van der Waals surface area contributed by atoms with Crippen LogP contribution in [0.5, 0.6) is 0 Å². The van der Waals surface area contributed by atoms with Crippen molar-refractivity contribution >= 4 is 23.2 Å². The number of H-pyrrole nitrogens is 1. The fourth-order valence-corrected chi connectivity index (χ4v) is 8.01. The Morgan fingerprint density at radius 2 is 1.22 bits per heavy atom. The van der Waals surface area contributed by atoms with E-state index in [1.165, 1.54) is 0 Å². The zero-order valence-corrected chi connectivity index (χ0v) is 34.4. The number of rotatable bonds is 17. The third-order valence-electron chi connectivity index (χ3n) is 10.6. The number of hydrogen-bond donors (Lipinski definition) is 2. The van der Waals surface area contributed by atoms with Crippen molar-refractivity contribution in [3.05, 3.63) is 142 Å². The van der Waals surface area contributed by atoms with Gasteiger partial charge in [-0.2, -0.15) is 0 Å². The number of unbranched alkanes of at least 4 members (excludes halogenated alkanes) is 2. The highest BCUT2D eigenvalue weighted by Gasteiger charge is 2.23.